The molecule has 1 saturated carbocycles. The van der Waals surface area contributed by atoms with Crippen LogP contribution >= 0.6 is 11.3 Å². The Bertz CT molecular complexity index is 957. The lowest BCUT2D eigenvalue weighted by molar-refractivity contribution is -0.137. The minimum absolute atomic E-state index is 0.0270. The number of aliphatic hydroxyl groups is 1. The van der Waals surface area contributed by atoms with Gasteiger partial charge in [-0.3, -0.25) is 4.79 Å². The summed E-state index contributed by atoms with van der Waals surface area (Å²) in [7, 11) is 1.73. The number of piperidine rings is 1. The van der Waals surface area contributed by atoms with Crippen LogP contribution in [0.15, 0.2) is 29.6 Å². The summed E-state index contributed by atoms with van der Waals surface area (Å²) in [5, 5.41) is 15.6. The third-order valence-electron chi connectivity index (χ3n) is 8.66. The molecule has 6 heteroatoms. The minimum atomic E-state index is -0.954. The number of ether oxygens (including phenoxy) is 1. The monoisotopic (exact) mass is 514 g/mol. The Morgan fingerprint density at radius 2 is 2.03 bits per heavy atom. The first-order valence-corrected chi connectivity index (χ1v) is 15.1. The fourth-order valence-corrected chi connectivity index (χ4v) is 7.41. The zero-order chi connectivity index (χ0) is 25.4. The first-order chi connectivity index (χ1) is 17.5. The number of carbonyl (C=O) groups is 1. The third kappa shape index (κ3) is 6.89. The molecular formula is C30H46N2O3S. The highest BCUT2D eigenvalue weighted by Gasteiger charge is 2.42. The van der Waals surface area contributed by atoms with Crippen molar-refractivity contribution < 1.29 is 14.6 Å². The SMILES string of the molecule is COCCCC[C@@](O)(c1cccc2sccc12)[C@@H]1CCCN(C(=O)CC[C@@H](N)CC2CCCCC2)C1. The van der Waals surface area contributed by atoms with Gasteiger partial charge in [-0.25, -0.2) is 0 Å². The number of benzene rings is 1. The molecular weight excluding hydrogens is 468 g/mol. The second kappa shape index (κ2) is 13.4. The van der Waals surface area contributed by atoms with E-state index in [1.807, 2.05) is 4.90 Å². The zero-order valence-corrected chi connectivity index (χ0v) is 22.9. The molecule has 1 aliphatic carbocycles. The highest BCUT2D eigenvalue weighted by molar-refractivity contribution is 7.17. The van der Waals surface area contributed by atoms with Crippen molar-refractivity contribution in [3.63, 3.8) is 0 Å². The van der Waals surface area contributed by atoms with Crippen LogP contribution in [0.2, 0.25) is 0 Å². The molecule has 200 valence electrons. The fraction of sp³-hybridized carbons (Fsp3) is 0.700. The number of rotatable bonds is 12. The van der Waals surface area contributed by atoms with E-state index >= 15 is 0 Å². The highest BCUT2D eigenvalue weighted by atomic mass is 32.1. The van der Waals surface area contributed by atoms with E-state index in [2.05, 4.69) is 29.6 Å². The Balaban J connectivity index is 1.41. The van der Waals surface area contributed by atoms with Crippen molar-refractivity contribution in [2.45, 2.75) is 95.1 Å². The van der Waals surface area contributed by atoms with Gasteiger partial charge in [0, 0.05) is 49.9 Å². The number of carbonyl (C=O) groups excluding carboxylic acids is 1. The molecule has 3 atom stereocenters. The van der Waals surface area contributed by atoms with E-state index < -0.39 is 5.60 Å². The molecule has 3 N–H and O–H groups in total. The lowest BCUT2D eigenvalue weighted by Crippen LogP contribution is -2.48. The first kappa shape index (κ1) is 27.6. The number of unbranched alkanes of at least 4 members (excludes halogenated alkanes) is 1. The average Bonchev–Trinajstić information content (AvgIpc) is 3.39. The molecule has 0 unspecified atom stereocenters. The van der Waals surface area contributed by atoms with Crippen LogP contribution in [-0.4, -0.2) is 48.8 Å². The first-order valence-electron chi connectivity index (χ1n) is 14.2. The summed E-state index contributed by atoms with van der Waals surface area (Å²) in [5.41, 5.74) is 6.52. The topological polar surface area (TPSA) is 75.8 Å². The molecule has 1 saturated heterocycles. The van der Waals surface area contributed by atoms with E-state index in [0.717, 1.165) is 61.9 Å². The van der Waals surface area contributed by atoms with Crippen molar-refractivity contribution in [1.29, 1.82) is 0 Å². The lowest BCUT2D eigenvalue weighted by atomic mass is 9.73. The number of nitrogens with zero attached hydrogens (tertiary/aromatic N) is 1. The van der Waals surface area contributed by atoms with Crippen LogP contribution in [-0.2, 0) is 15.1 Å². The van der Waals surface area contributed by atoms with E-state index in [1.54, 1.807) is 18.4 Å². The third-order valence-corrected chi connectivity index (χ3v) is 9.54. The summed E-state index contributed by atoms with van der Waals surface area (Å²) >= 11 is 1.72. The molecule has 5 nitrogen and oxygen atoms in total. The summed E-state index contributed by atoms with van der Waals surface area (Å²) in [5.74, 6) is 0.976. The predicted octanol–water partition coefficient (Wildman–Crippen LogP) is 6.22. The lowest BCUT2D eigenvalue weighted by Gasteiger charge is -2.43. The molecule has 2 heterocycles. The summed E-state index contributed by atoms with van der Waals surface area (Å²) in [6.45, 7) is 2.11. The number of likely N-dealkylation sites (tertiary alicyclic amines) is 1. The van der Waals surface area contributed by atoms with Crippen LogP contribution in [0, 0.1) is 11.8 Å². The van der Waals surface area contributed by atoms with Gasteiger partial charge >= 0.3 is 0 Å². The quantitative estimate of drug-likeness (QED) is 0.330. The summed E-state index contributed by atoms with van der Waals surface area (Å²) in [4.78, 5) is 15.3. The molecule has 0 radical (unpaired) electrons. The van der Waals surface area contributed by atoms with Crippen molar-refractivity contribution in [1.82, 2.24) is 4.90 Å². The van der Waals surface area contributed by atoms with E-state index in [4.69, 9.17) is 10.5 Å². The average molecular weight is 515 g/mol. The van der Waals surface area contributed by atoms with Gasteiger partial charge in [-0.1, -0.05) is 44.2 Å². The van der Waals surface area contributed by atoms with Crippen LogP contribution in [0.1, 0.15) is 89.0 Å². The Hall–Kier alpha value is -1.47. The number of nitrogens with two attached hydrogens (primary N) is 1. The molecule has 2 fully saturated rings. The largest absolute Gasteiger partial charge is 0.385 e. The van der Waals surface area contributed by atoms with Gasteiger partial charge in [0.1, 0.15) is 0 Å². The standard InChI is InChI=1S/C30H46N2O3S/c1-35-19-6-5-17-30(34,27-12-7-13-28-26(27)16-20-36-28)24-11-8-18-32(22-24)29(33)15-14-25(31)21-23-9-3-2-4-10-23/h7,12-13,16,20,23-25,34H,2-6,8-11,14-15,17-19,21-22,31H2,1H3/t24-,25-,30+/m1/s1. The second-order valence-corrected chi connectivity index (χ2v) is 12.2. The van der Waals surface area contributed by atoms with Gasteiger partial charge in [0.25, 0.3) is 0 Å². The van der Waals surface area contributed by atoms with E-state index in [1.165, 1.54) is 36.8 Å². The molecule has 1 aromatic heterocycles. The maximum Gasteiger partial charge on any atom is 0.222 e. The van der Waals surface area contributed by atoms with Gasteiger partial charge in [0.2, 0.25) is 5.91 Å². The summed E-state index contributed by atoms with van der Waals surface area (Å²) < 4.78 is 6.47. The number of hydrogen-bond donors (Lipinski definition) is 2. The molecule has 1 aliphatic heterocycles. The fourth-order valence-electron chi connectivity index (χ4n) is 6.60. The molecule has 0 spiro atoms. The smallest absolute Gasteiger partial charge is 0.222 e. The van der Waals surface area contributed by atoms with E-state index in [9.17, 15) is 9.90 Å². The molecule has 1 aromatic carbocycles. The van der Waals surface area contributed by atoms with Gasteiger partial charge < -0.3 is 20.5 Å². The molecule has 0 bridgehead atoms. The number of hydrogen-bond acceptors (Lipinski definition) is 5. The van der Waals surface area contributed by atoms with Crippen LogP contribution in [0.5, 0.6) is 0 Å². The van der Waals surface area contributed by atoms with Crippen LogP contribution in [0.4, 0.5) is 0 Å². The van der Waals surface area contributed by atoms with Crippen LogP contribution in [0.25, 0.3) is 10.1 Å². The van der Waals surface area contributed by atoms with Crippen molar-refractivity contribution in [2.75, 3.05) is 26.8 Å². The predicted molar refractivity (Wildman–Crippen MR) is 149 cm³/mol. The van der Waals surface area contributed by atoms with E-state index in [0.29, 0.717) is 26.0 Å². The number of fused-ring (bicyclic) bond motifs is 1. The highest BCUT2D eigenvalue weighted by Crippen LogP contribution is 2.43. The van der Waals surface area contributed by atoms with Crippen LogP contribution < -0.4 is 5.73 Å². The number of thiophene rings is 1. The van der Waals surface area contributed by atoms with Crippen molar-refractivity contribution in [2.24, 2.45) is 17.6 Å². The van der Waals surface area contributed by atoms with Crippen LogP contribution in [0.3, 0.4) is 0 Å². The van der Waals surface area contributed by atoms with E-state index in [-0.39, 0.29) is 17.9 Å². The van der Waals surface area contributed by atoms with Gasteiger partial charge in [0.15, 0.2) is 0 Å². The summed E-state index contributed by atoms with van der Waals surface area (Å²) in [6.07, 6.45) is 13.3. The minimum Gasteiger partial charge on any atom is -0.385 e. The maximum atomic E-state index is 13.2. The number of amides is 1. The van der Waals surface area contributed by atoms with Gasteiger partial charge in [-0.05, 0) is 79.3 Å². The Kier molecular flexibility index (Phi) is 10.2. The van der Waals surface area contributed by atoms with Crippen molar-refractivity contribution in [3.8, 4) is 0 Å². The maximum absolute atomic E-state index is 13.2. The Labute approximate surface area is 221 Å². The van der Waals surface area contributed by atoms with Gasteiger partial charge in [0.05, 0.1) is 5.60 Å². The Morgan fingerprint density at radius 3 is 2.83 bits per heavy atom. The summed E-state index contributed by atoms with van der Waals surface area (Å²) in [6, 6.07) is 8.54. The molecule has 1 amide bonds. The van der Waals surface area contributed by atoms with Gasteiger partial charge in [-0.15, -0.1) is 11.3 Å². The Morgan fingerprint density at radius 1 is 1.19 bits per heavy atom. The van der Waals surface area contributed by atoms with Crippen molar-refractivity contribution in [3.05, 3.63) is 35.2 Å². The van der Waals surface area contributed by atoms with Crippen molar-refractivity contribution >= 4 is 27.3 Å². The zero-order valence-electron chi connectivity index (χ0n) is 22.1. The molecule has 4 rings (SSSR count). The van der Waals surface area contributed by atoms with Gasteiger partial charge in [-0.2, -0.15) is 0 Å². The molecule has 2 aliphatic rings. The molecule has 2 aromatic rings. The molecule has 36 heavy (non-hydrogen) atoms. The normalized spacial score (nSPS) is 22.0. The second-order valence-electron chi connectivity index (χ2n) is 11.2. The number of methoxy groups -OCH3 is 1.